The van der Waals surface area contributed by atoms with Crippen LogP contribution in [-0.2, 0) is 0 Å². The molecule has 0 aromatic carbocycles. The first-order valence-corrected chi connectivity index (χ1v) is 4.48. The lowest BCUT2D eigenvalue weighted by molar-refractivity contribution is 0.0754. The first-order valence-electron chi connectivity index (χ1n) is 4.48. The van der Waals surface area contributed by atoms with E-state index in [0.29, 0.717) is 0 Å². The molecule has 0 atom stereocenters. The van der Waals surface area contributed by atoms with Crippen molar-refractivity contribution >= 4 is 0 Å². The second-order valence-corrected chi connectivity index (χ2v) is 4.24. The van der Waals surface area contributed by atoms with Gasteiger partial charge in [-0.25, -0.2) is 8.78 Å². The van der Waals surface area contributed by atoms with Crippen LogP contribution in [0.3, 0.4) is 0 Å². The lowest BCUT2D eigenvalue weighted by Gasteiger charge is -2.25. The summed E-state index contributed by atoms with van der Waals surface area (Å²) >= 11 is 0. The molecule has 2 aliphatic rings. The first-order chi connectivity index (χ1) is 5.20. The van der Waals surface area contributed by atoms with E-state index in [2.05, 4.69) is 0 Å². The van der Waals surface area contributed by atoms with Gasteiger partial charge in [0.1, 0.15) is 0 Å². The Morgan fingerprint density at radius 2 is 1.91 bits per heavy atom. The van der Waals surface area contributed by atoms with Crippen molar-refractivity contribution in [2.45, 2.75) is 45.0 Å². The molecule has 2 bridgehead atoms. The SMILES string of the molecule is FC(F)CC12CCC(CC1)C2. The fraction of sp³-hybridized carbons (Fsp3) is 1.00. The van der Waals surface area contributed by atoms with E-state index >= 15 is 0 Å². The average molecular weight is 160 g/mol. The van der Waals surface area contributed by atoms with Gasteiger partial charge in [0, 0.05) is 6.42 Å². The number of halogens is 2. The predicted molar refractivity (Wildman–Crippen MR) is 39.6 cm³/mol. The number of alkyl halides is 2. The Bertz CT molecular complexity index is 146. The minimum atomic E-state index is -2.08. The number of hydrogen-bond donors (Lipinski definition) is 0. The Labute approximate surface area is 66.0 Å². The standard InChI is InChI=1S/C9H14F2/c10-8(11)6-9-3-1-7(5-9)2-4-9/h7-8H,1-6H2. The Balaban J connectivity index is 1.99. The third-order valence-corrected chi connectivity index (χ3v) is 3.47. The van der Waals surface area contributed by atoms with E-state index in [0.717, 1.165) is 25.2 Å². The van der Waals surface area contributed by atoms with Crippen molar-refractivity contribution in [1.29, 1.82) is 0 Å². The molecular weight excluding hydrogens is 146 g/mol. The van der Waals surface area contributed by atoms with E-state index < -0.39 is 6.43 Å². The highest BCUT2D eigenvalue weighted by molar-refractivity contribution is 4.95. The van der Waals surface area contributed by atoms with Crippen LogP contribution >= 0.6 is 0 Å². The minimum Gasteiger partial charge on any atom is -0.211 e. The molecule has 0 spiro atoms. The third kappa shape index (κ3) is 1.27. The lowest BCUT2D eigenvalue weighted by atomic mass is 9.81. The van der Waals surface area contributed by atoms with Crippen LogP contribution in [0.15, 0.2) is 0 Å². The predicted octanol–water partition coefficient (Wildman–Crippen LogP) is 3.22. The van der Waals surface area contributed by atoms with E-state index in [1.807, 2.05) is 0 Å². The van der Waals surface area contributed by atoms with Crippen LogP contribution in [0.25, 0.3) is 0 Å². The van der Waals surface area contributed by atoms with E-state index in [9.17, 15) is 8.78 Å². The maximum atomic E-state index is 12.1. The maximum absolute atomic E-state index is 12.1. The smallest absolute Gasteiger partial charge is 0.211 e. The van der Waals surface area contributed by atoms with Gasteiger partial charge in [0.15, 0.2) is 0 Å². The molecule has 0 unspecified atom stereocenters. The van der Waals surface area contributed by atoms with Crippen molar-refractivity contribution in [3.8, 4) is 0 Å². The van der Waals surface area contributed by atoms with Gasteiger partial charge in [-0.15, -0.1) is 0 Å². The molecule has 0 nitrogen and oxygen atoms in total. The number of hydrogen-bond acceptors (Lipinski definition) is 0. The van der Waals surface area contributed by atoms with Crippen LogP contribution in [-0.4, -0.2) is 6.43 Å². The Kier molecular flexibility index (Phi) is 1.66. The van der Waals surface area contributed by atoms with Crippen LogP contribution < -0.4 is 0 Å². The molecule has 2 rings (SSSR count). The highest BCUT2D eigenvalue weighted by Crippen LogP contribution is 2.56. The Morgan fingerprint density at radius 3 is 2.27 bits per heavy atom. The van der Waals surface area contributed by atoms with Gasteiger partial charge in [0.2, 0.25) is 6.43 Å². The molecule has 2 saturated carbocycles. The highest BCUT2D eigenvalue weighted by atomic mass is 19.3. The van der Waals surface area contributed by atoms with Gasteiger partial charge in [0.25, 0.3) is 0 Å². The molecule has 2 heteroatoms. The molecule has 0 N–H and O–H groups in total. The van der Waals surface area contributed by atoms with Crippen LogP contribution in [0.1, 0.15) is 38.5 Å². The molecule has 2 fully saturated rings. The highest BCUT2D eigenvalue weighted by Gasteiger charge is 2.45. The molecule has 0 aromatic heterocycles. The molecule has 0 aliphatic heterocycles. The van der Waals surface area contributed by atoms with Crippen molar-refractivity contribution < 1.29 is 8.78 Å². The van der Waals surface area contributed by atoms with Gasteiger partial charge in [0.05, 0.1) is 0 Å². The van der Waals surface area contributed by atoms with Crippen LogP contribution in [0.4, 0.5) is 8.78 Å². The van der Waals surface area contributed by atoms with Gasteiger partial charge in [-0.2, -0.15) is 0 Å². The van der Waals surface area contributed by atoms with Crippen molar-refractivity contribution in [2.24, 2.45) is 11.3 Å². The van der Waals surface area contributed by atoms with Gasteiger partial charge in [-0.05, 0) is 43.4 Å². The molecule has 0 aromatic rings. The summed E-state index contributed by atoms with van der Waals surface area (Å²) in [5.41, 5.74) is 0.0822. The van der Waals surface area contributed by atoms with Gasteiger partial charge >= 0.3 is 0 Å². The molecule has 0 saturated heterocycles. The van der Waals surface area contributed by atoms with Crippen molar-refractivity contribution in [2.75, 3.05) is 0 Å². The summed E-state index contributed by atoms with van der Waals surface area (Å²) in [6.07, 6.45) is 3.76. The quantitative estimate of drug-likeness (QED) is 0.581. The largest absolute Gasteiger partial charge is 0.239 e. The zero-order valence-electron chi connectivity index (χ0n) is 6.65. The zero-order valence-corrected chi connectivity index (χ0v) is 6.65. The Morgan fingerprint density at radius 1 is 1.27 bits per heavy atom. The normalized spacial score (nSPS) is 42.3. The third-order valence-electron chi connectivity index (χ3n) is 3.47. The number of fused-ring (bicyclic) bond motifs is 2. The van der Waals surface area contributed by atoms with Gasteiger partial charge in [-0.1, -0.05) is 0 Å². The van der Waals surface area contributed by atoms with Crippen LogP contribution in [0.2, 0.25) is 0 Å². The van der Waals surface area contributed by atoms with E-state index in [4.69, 9.17) is 0 Å². The fourth-order valence-corrected chi connectivity index (χ4v) is 2.93. The maximum Gasteiger partial charge on any atom is 0.239 e. The lowest BCUT2D eigenvalue weighted by Crippen LogP contribution is -2.17. The van der Waals surface area contributed by atoms with E-state index in [1.54, 1.807) is 0 Å². The fourth-order valence-electron chi connectivity index (χ4n) is 2.93. The summed E-state index contributed by atoms with van der Waals surface area (Å²) in [4.78, 5) is 0. The molecule has 0 radical (unpaired) electrons. The molecule has 64 valence electrons. The summed E-state index contributed by atoms with van der Waals surface area (Å²) in [6.45, 7) is 0. The molecule has 2 aliphatic carbocycles. The minimum absolute atomic E-state index is 0.0822. The van der Waals surface area contributed by atoms with Crippen LogP contribution in [0, 0.1) is 11.3 Å². The Hall–Kier alpha value is -0.140. The average Bonchev–Trinajstić information content (AvgIpc) is 2.43. The monoisotopic (exact) mass is 160 g/mol. The van der Waals surface area contributed by atoms with Crippen LogP contribution in [0.5, 0.6) is 0 Å². The van der Waals surface area contributed by atoms with E-state index in [1.165, 1.54) is 12.8 Å². The topological polar surface area (TPSA) is 0 Å². The molecule has 0 heterocycles. The molecule has 0 amide bonds. The summed E-state index contributed by atoms with van der Waals surface area (Å²) in [6, 6.07) is 0. The van der Waals surface area contributed by atoms with Crippen molar-refractivity contribution in [3.05, 3.63) is 0 Å². The summed E-state index contributed by atoms with van der Waals surface area (Å²) in [7, 11) is 0. The second-order valence-electron chi connectivity index (χ2n) is 4.24. The first kappa shape index (κ1) is 7.51. The summed E-state index contributed by atoms with van der Waals surface area (Å²) in [5, 5.41) is 0. The zero-order chi connectivity index (χ0) is 7.90. The van der Waals surface area contributed by atoms with Gasteiger partial charge < -0.3 is 0 Å². The van der Waals surface area contributed by atoms with Crippen molar-refractivity contribution in [1.82, 2.24) is 0 Å². The second kappa shape index (κ2) is 2.43. The van der Waals surface area contributed by atoms with E-state index in [-0.39, 0.29) is 11.8 Å². The summed E-state index contributed by atoms with van der Waals surface area (Å²) < 4.78 is 24.3. The van der Waals surface area contributed by atoms with Crippen molar-refractivity contribution in [3.63, 3.8) is 0 Å². The molecular formula is C9H14F2. The summed E-state index contributed by atoms with van der Waals surface area (Å²) in [5.74, 6) is 0.800. The number of rotatable bonds is 2. The van der Waals surface area contributed by atoms with Gasteiger partial charge in [-0.3, -0.25) is 0 Å². The molecule has 11 heavy (non-hydrogen) atoms.